The number of rotatable bonds is 5. The summed E-state index contributed by atoms with van der Waals surface area (Å²) < 4.78 is 10.6. The Hall–Kier alpha value is -2.82. The standard InChI is InChI=1S/C19H20N2O3/c1-19(2,13-8-5-4-6-9-13)12-20-17-16-14(23-3)10-7-11-15(16)24-18(22)21-17/h4-11H,12H2,1-3H3,(H,20,21,22). The highest BCUT2D eigenvalue weighted by molar-refractivity contribution is 5.93. The first-order valence-electron chi connectivity index (χ1n) is 7.78. The van der Waals surface area contributed by atoms with Crippen molar-refractivity contribution in [3.8, 4) is 5.75 Å². The summed E-state index contributed by atoms with van der Waals surface area (Å²) in [6, 6.07) is 15.5. The summed E-state index contributed by atoms with van der Waals surface area (Å²) in [4.78, 5) is 15.7. The van der Waals surface area contributed by atoms with E-state index in [1.807, 2.05) is 24.3 Å². The van der Waals surface area contributed by atoms with Crippen molar-refractivity contribution in [1.82, 2.24) is 4.98 Å². The van der Waals surface area contributed by atoms with Crippen LogP contribution in [0.25, 0.3) is 11.0 Å². The number of anilines is 1. The number of hydrogen-bond donors (Lipinski definition) is 1. The van der Waals surface area contributed by atoms with Crippen LogP contribution < -0.4 is 15.8 Å². The number of fused-ring (bicyclic) bond motifs is 1. The summed E-state index contributed by atoms with van der Waals surface area (Å²) in [5, 5.41) is 3.96. The van der Waals surface area contributed by atoms with Crippen LogP contribution in [0.1, 0.15) is 19.4 Å². The quantitative estimate of drug-likeness (QED) is 0.777. The second-order valence-corrected chi connectivity index (χ2v) is 6.27. The molecule has 0 atom stereocenters. The molecule has 24 heavy (non-hydrogen) atoms. The number of methoxy groups -OCH3 is 1. The Balaban J connectivity index is 1.97. The van der Waals surface area contributed by atoms with Crippen molar-refractivity contribution in [3.63, 3.8) is 0 Å². The molecule has 0 unspecified atom stereocenters. The first-order valence-corrected chi connectivity index (χ1v) is 7.78. The Morgan fingerprint density at radius 2 is 1.88 bits per heavy atom. The molecule has 1 heterocycles. The van der Waals surface area contributed by atoms with Crippen molar-refractivity contribution in [3.05, 3.63) is 64.6 Å². The van der Waals surface area contributed by atoms with Crippen LogP contribution in [0.15, 0.2) is 57.7 Å². The van der Waals surface area contributed by atoms with Crippen molar-refractivity contribution < 1.29 is 9.15 Å². The molecule has 124 valence electrons. The molecule has 0 saturated carbocycles. The maximum atomic E-state index is 11.7. The van der Waals surface area contributed by atoms with Gasteiger partial charge >= 0.3 is 5.76 Å². The molecule has 0 spiro atoms. The topological polar surface area (TPSA) is 64.4 Å². The zero-order chi connectivity index (χ0) is 17.2. The van der Waals surface area contributed by atoms with Gasteiger partial charge < -0.3 is 14.5 Å². The SMILES string of the molecule is COc1cccc2oc(=O)nc(NCC(C)(C)c3ccccc3)c12. The van der Waals surface area contributed by atoms with Crippen molar-refractivity contribution in [1.29, 1.82) is 0 Å². The average molecular weight is 324 g/mol. The molecule has 3 aromatic rings. The van der Waals surface area contributed by atoms with E-state index in [0.717, 1.165) is 0 Å². The zero-order valence-electron chi connectivity index (χ0n) is 14.0. The molecular weight excluding hydrogens is 304 g/mol. The first kappa shape index (κ1) is 16.1. The Morgan fingerprint density at radius 3 is 2.58 bits per heavy atom. The summed E-state index contributed by atoms with van der Waals surface area (Å²) in [5.74, 6) is 0.460. The van der Waals surface area contributed by atoms with Crippen molar-refractivity contribution in [2.45, 2.75) is 19.3 Å². The molecule has 2 aromatic carbocycles. The lowest BCUT2D eigenvalue weighted by atomic mass is 9.84. The Morgan fingerprint density at radius 1 is 1.12 bits per heavy atom. The van der Waals surface area contributed by atoms with Crippen molar-refractivity contribution in [2.75, 3.05) is 19.0 Å². The van der Waals surface area contributed by atoms with Gasteiger partial charge in [0.2, 0.25) is 0 Å². The van der Waals surface area contributed by atoms with Gasteiger partial charge in [0.1, 0.15) is 22.5 Å². The van der Waals surface area contributed by atoms with Gasteiger partial charge in [0.25, 0.3) is 0 Å². The van der Waals surface area contributed by atoms with E-state index in [1.54, 1.807) is 19.2 Å². The fourth-order valence-electron chi connectivity index (χ4n) is 2.69. The van der Waals surface area contributed by atoms with Gasteiger partial charge in [-0.3, -0.25) is 0 Å². The van der Waals surface area contributed by atoms with Crippen LogP contribution in [0.2, 0.25) is 0 Å². The Bertz CT molecular complexity index is 901. The van der Waals surface area contributed by atoms with Crippen molar-refractivity contribution in [2.24, 2.45) is 0 Å². The molecule has 0 aliphatic carbocycles. The second-order valence-electron chi connectivity index (χ2n) is 6.27. The lowest BCUT2D eigenvalue weighted by Gasteiger charge is -2.26. The Labute approximate surface area is 140 Å². The third-order valence-corrected chi connectivity index (χ3v) is 4.10. The van der Waals surface area contributed by atoms with E-state index >= 15 is 0 Å². The van der Waals surface area contributed by atoms with Crippen LogP contribution in [0, 0.1) is 0 Å². The van der Waals surface area contributed by atoms with Gasteiger partial charge in [0.15, 0.2) is 0 Å². The van der Waals surface area contributed by atoms with E-state index in [2.05, 4.69) is 36.3 Å². The summed E-state index contributed by atoms with van der Waals surface area (Å²) in [7, 11) is 1.58. The molecule has 0 saturated heterocycles. The van der Waals surface area contributed by atoms with Gasteiger partial charge in [-0.1, -0.05) is 50.2 Å². The number of ether oxygens (including phenoxy) is 1. The molecule has 0 fully saturated rings. The smallest absolute Gasteiger partial charge is 0.441 e. The van der Waals surface area contributed by atoms with Gasteiger partial charge in [-0.05, 0) is 17.7 Å². The van der Waals surface area contributed by atoms with Gasteiger partial charge in [0, 0.05) is 12.0 Å². The molecule has 3 rings (SSSR count). The predicted molar refractivity (Wildman–Crippen MR) is 94.8 cm³/mol. The van der Waals surface area contributed by atoms with E-state index in [-0.39, 0.29) is 5.41 Å². The normalized spacial score (nSPS) is 11.5. The van der Waals surface area contributed by atoms with Gasteiger partial charge in [0.05, 0.1) is 7.11 Å². The van der Waals surface area contributed by atoms with Crippen LogP contribution >= 0.6 is 0 Å². The Kier molecular flexibility index (Phi) is 4.25. The summed E-state index contributed by atoms with van der Waals surface area (Å²) in [6.45, 7) is 4.89. The van der Waals surface area contributed by atoms with E-state index in [9.17, 15) is 4.79 Å². The van der Waals surface area contributed by atoms with Gasteiger partial charge in [-0.25, -0.2) is 4.79 Å². The largest absolute Gasteiger partial charge is 0.496 e. The molecule has 1 N–H and O–H groups in total. The minimum atomic E-state index is -0.629. The fourth-order valence-corrected chi connectivity index (χ4v) is 2.69. The molecule has 0 aliphatic heterocycles. The predicted octanol–water partition coefficient (Wildman–Crippen LogP) is 3.59. The van der Waals surface area contributed by atoms with Crippen LogP contribution in [-0.4, -0.2) is 18.6 Å². The zero-order valence-corrected chi connectivity index (χ0v) is 14.0. The molecule has 0 radical (unpaired) electrons. The lowest BCUT2D eigenvalue weighted by Crippen LogP contribution is -2.28. The minimum Gasteiger partial charge on any atom is -0.496 e. The average Bonchev–Trinajstić information content (AvgIpc) is 2.59. The van der Waals surface area contributed by atoms with E-state index in [1.165, 1.54) is 5.56 Å². The van der Waals surface area contributed by atoms with E-state index < -0.39 is 5.76 Å². The number of aromatic nitrogens is 1. The maximum Gasteiger partial charge on any atom is 0.441 e. The number of hydrogen-bond acceptors (Lipinski definition) is 5. The highest BCUT2D eigenvalue weighted by Gasteiger charge is 2.21. The van der Waals surface area contributed by atoms with Crippen LogP contribution in [-0.2, 0) is 5.41 Å². The number of nitrogens with one attached hydrogen (secondary N) is 1. The molecule has 0 aliphatic rings. The third kappa shape index (κ3) is 3.11. The molecule has 5 nitrogen and oxygen atoms in total. The monoisotopic (exact) mass is 324 g/mol. The molecule has 0 bridgehead atoms. The molecule has 5 heteroatoms. The second kappa shape index (κ2) is 6.35. The third-order valence-electron chi connectivity index (χ3n) is 4.10. The van der Waals surface area contributed by atoms with Crippen LogP contribution in [0.4, 0.5) is 5.82 Å². The highest BCUT2D eigenvalue weighted by Crippen LogP contribution is 2.31. The van der Waals surface area contributed by atoms with E-state index in [0.29, 0.717) is 29.1 Å². The summed E-state index contributed by atoms with van der Waals surface area (Å²) in [6.07, 6.45) is 0. The lowest BCUT2D eigenvalue weighted by molar-refractivity contribution is 0.418. The first-order chi connectivity index (χ1) is 11.5. The highest BCUT2D eigenvalue weighted by atomic mass is 16.5. The molecule has 0 amide bonds. The summed E-state index contributed by atoms with van der Waals surface area (Å²) in [5.41, 5.74) is 1.53. The number of benzene rings is 2. The van der Waals surface area contributed by atoms with Crippen LogP contribution in [0.5, 0.6) is 5.75 Å². The van der Waals surface area contributed by atoms with Crippen molar-refractivity contribution >= 4 is 16.8 Å². The maximum absolute atomic E-state index is 11.7. The van der Waals surface area contributed by atoms with Gasteiger partial charge in [-0.15, -0.1) is 0 Å². The van der Waals surface area contributed by atoms with Gasteiger partial charge in [-0.2, -0.15) is 4.98 Å². The van der Waals surface area contributed by atoms with E-state index in [4.69, 9.17) is 9.15 Å². The number of nitrogens with zero attached hydrogens (tertiary/aromatic N) is 1. The molecular formula is C19H20N2O3. The molecule has 1 aromatic heterocycles. The fraction of sp³-hybridized carbons (Fsp3) is 0.263. The minimum absolute atomic E-state index is 0.132. The van der Waals surface area contributed by atoms with Crippen LogP contribution in [0.3, 0.4) is 0 Å². The summed E-state index contributed by atoms with van der Waals surface area (Å²) >= 11 is 0.